The Morgan fingerprint density at radius 3 is 2.67 bits per heavy atom. The Bertz CT molecular complexity index is 940. The second kappa shape index (κ2) is 7.16. The second-order valence-electron chi connectivity index (χ2n) is 6.83. The molecule has 0 spiro atoms. The molecule has 1 unspecified atom stereocenters. The molecule has 0 radical (unpaired) electrons. The number of benzene rings is 2. The van der Waals surface area contributed by atoms with Gasteiger partial charge in [-0.15, -0.1) is 0 Å². The van der Waals surface area contributed by atoms with Crippen molar-refractivity contribution in [2.24, 2.45) is 0 Å². The van der Waals surface area contributed by atoms with Crippen LogP contribution < -0.4 is 4.74 Å². The highest BCUT2D eigenvalue weighted by molar-refractivity contribution is 6.31. The summed E-state index contributed by atoms with van der Waals surface area (Å²) in [5.74, 6) is 0.207. The molecule has 27 heavy (non-hydrogen) atoms. The van der Waals surface area contributed by atoms with Crippen LogP contribution in [0.15, 0.2) is 42.5 Å². The summed E-state index contributed by atoms with van der Waals surface area (Å²) in [5.41, 5.74) is 2.19. The van der Waals surface area contributed by atoms with Gasteiger partial charge >= 0.3 is 0 Å². The molecule has 6 heteroatoms. The van der Waals surface area contributed by atoms with Crippen molar-refractivity contribution < 1.29 is 19.1 Å². The van der Waals surface area contributed by atoms with Gasteiger partial charge in [-0.1, -0.05) is 35.9 Å². The zero-order valence-electron chi connectivity index (χ0n) is 14.6. The van der Waals surface area contributed by atoms with Gasteiger partial charge in [-0.2, -0.15) is 0 Å². The van der Waals surface area contributed by atoms with Gasteiger partial charge in [-0.25, -0.2) is 0 Å². The van der Waals surface area contributed by atoms with E-state index in [9.17, 15) is 14.4 Å². The summed E-state index contributed by atoms with van der Waals surface area (Å²) < 4.78 is 5.94. The number of amides is 1. The first kappa shape index (κ1) is 17.7. The lowest BCUT2D eigenvalue weighted by Crippen LogP contribution is -2.44. The van der Waals surface area contributed by atoms with Crippen LogP contribution in [-0.4, -0.2) is 28.4 Å². The average molecular weight is 384 g/mol. The predicted octanol–water partition coefficient (Wildman–Crippen LogP) is 3.57. The van der Waals surface area contributed by atoms with E-state index >= 15 is 0 Å². The van der Waals surface area contributed by atoms with Crippen molar-refractivity contribution in [3.05, 3.63) is 64.2 Å². The minimum Gasteiger partial charge on any atom is -0.488 e. The van der Waals surface area contributed by atoms with Gasteiger partial charge in [-0.05, 0) is 24.6 Å². The molecule has 0 bridgehead atoms. The van der Waals surface area contributed by atoms with Gasteiger partial charge in [0, 0.05) is 28.1 Å². The number of rotatable bonds is 4. The molecular weight excluding hydrogens is 366 g/mol. The molecule has 1 amide bonds. The van der Waals surface area contributed by atoms with E-state index in [0.717, 1.165) is 11.1 Å². The van der Waals surface area contributed by atoms with E-state index in [1.165, 1.54) is 0 Å². The second-order valence-corrected chi connectivity index (χ2v) is 7.24. The highest BCUT2D eigenvalue weighted by Gasteiger charge is 2.39. The summed E-state index contributed by atoms with van der Waals surface area (Å²) in [4.78, 5) is 38.1. The lowest BCUT2D eigenvalue weighted by atomic mass is 9.92. The summed E-state index contributed by atoms with van der Waals surface area (Å²) >= 11 is 6.18. The Morgan fingerprint density at radius 1 is 1.07 bits per heavy atom. The van der Waals surface area contributed by atoms with Gasteiger partial charge in [0.15, 0.2) is 5.78 Å². The van der Waals surface area contributed by atoms with Crippen LogP contribution in [0.2, 0.25) is 5.02 Å². The third-order valence-electron chi connectivity index (χ3n) is 5.11. The summed E-state index contributed by atoms with van der Waals surface area (Å²) in [6.07, 6.45) is 0.653. The van der Waals surface area contributed by atoms with Crippen LogP contribution in [0.1, 0.15) is 40.7 Å². The molecule has 2 aromatic carbocycles. The van der Waals surface area contributed by atoms with Crippen LogP contribution in [0, 0.1) is 0 Å². The number of carbonyl (C=O) groups is 3. The lowest BCUT2D eigenvalue weighted by Gasteiger charge is -2.29. The molecule has 1 aliphatic heterocycles. The van der Waals surface area contributed by atoms with E-state index < -0.39 is 6.04 Å². The van der Waals surface area contributed by atoms with Gasteiger partial charge < -0.3 is 9.64 Å². The topological polar surface area (TPSA) is 63.7 Å². The van der Waals surface area contributed by atoms with E-state index in [-0.39, 0.29) is 23.9 Å². The third kappa shape index (κ3) is 3.35. The van der Waals surface area contributed by atoms with Crippen LogP contribution >= 0.6 is 11.6 Å². The maximum Gasteiger partial charge on any atom is 0.255 e. The molecule has 4 rings (SSSR count). The SMILES string of the molecule is O=C1CCC(N2Cc3c(OCc4ccccc4Cl)cccc3C2=O)C(=O)C1. The molecule has 0 N–H and O–H groups in total. The molecule has 1 saturated carbocycles. The average Bonchev–Trinajstić information content (AvgIpc) is 2.98. The highest BCUT2D eigenvalue weighted by Crippen LogP contribution is 2.34. The van der Waals surface area contributed by atoms with E-state index in [4.69, 9.17) is 16.3 Å². The van der Waals surface area contributed by atoms with Gasteiger partial charge in [0.05, 0.1) is 19.0 Å². The molecule has 0 saturated heterocycles. The number of halogens is 1. The number of ketones is 2. The summed E-state index contributed by atoms with van der Waals surface area (Å²) in [7, 11) is 0. The van der Waals surface area contributed by atoms with Crippen molar-refractivity contribution in [3.63, 3.8) is 0 Å². The minimum absolute atomic E-state index is 0.0517. The number of fused-ring (bicyclic) bond motifs is 1. The number of ether oxygens (including phenoxy) is 1. The van der Waals surface area contributed by atoms with Gasteiger partial charge in [-0.3, -0.25) is 14.4 Å². The smallest absolute Gasteiger partial charge is 0.255 e. The van der Waals surface area contributed by atoms with Crippen LogP contribution in [0.3, 0.4) is 0 Å². The molecular formula is C21H18ClNO4. The number of hydrogen-bond donors (Lipinski definition) is 0. The van der Waals surface area contributed by atoms with Crippen LogP contribution in [0.4, 0.5) is 0 Å². The maximum absolute atomic E-state index is 12.8. The van der Waals surface area contributed by atoms with E-state index in [0.29, 0.717) is 42.3 Å². The fraction of sp³-hybridized carbons (Fsp3) is 0.286. The highest BCUT2D eigenvalue weighted by atomic mass is 35.5. The molecule has 2 aromatic rings. The van der Waals surface area contributed by atoms with Crippen LogP contribution in [-0.2, 0) is 22.7 Å². The monoisotopic (exact) mass is 383 g/mol. The zero-order valence-corrected chi connectivity index (χ0v) is 15.4. The summed E-state index contributed by atoms with van der Waals surface area (Å²) in [6.45, 7) is 0.610. The maximum atomic E-state index is 12.8. The van der Waals surface area contributed by atoms with Crippen molar-refractivity contribution in [2.75, 3.05) is 0 Å². The molecule has 1 aliphatic carbocycles. The number of carbonyl (C=O) groups excluding carboxylic acids is 3. The van der Waals surface area contributed by atoms with Crippen LogP contribution in [0.25, 0.3) is 0 Å². The molecule has 1 fully saturated rings. The first-order valence-electron chi connectivity index (χ1n) is 8.88. The Kier molecular flexibility index (Phi) is 4.70. The van der Waals surface area contributed by atoms with Crippen molar-refractivity contribution >= 4 is 29.1 Å². The molecule has 5 nitrogen and oxygen atoms in total. The molecule has 138 valence electrons. The quantitative estimate of drug-likeness (QED) is 0.757. The first-order valence-corrected chi connectivity index (χ1v) is 9.26. The number of hydrogen-bond acceptors (Lipinski definition) is 4. The Hall–Kier alpha value is -2.66. The summed E-state index contributed by atoms with van der Waals surface area (Å²) in [5, 5.41) is 0.625. The lowest BCUT2D eigenvalue weighted by molar-refractivity contribution is -0.133. The van der Waals surface area contributed by atoms with Gasteiger partial charge in [0.2, 0.25) is 0 Å². The van der Waals surface area contributed by atoms with E-state index in [1.807, 2.05) is 24.3 Å². The fourth-order valence-electron chi connectivity index (χ4n) is 3.67. The minimum atomic E-state index is -0.529. The zero-order chi connectivity index (χ0) is 19.0. The number of nitrogens with zero attached hydrogens (tertiary/aromatic N) is 1. The first-order chi connectivity index (χ1) is 13.0. The van der Waals surface area contributed by atoms with Crippen molar-refractivity contribution in [1.29, 1.82) is 0 Å². The van der Waals surface area contributed by atoms with Gasteiger partial charge in [0.25, 0.3) is 5.91 Å². The predicted molar refractivity (Wildman–Crippen MR) is 99.8 cm³/mol. The number of Topliss-reactive ketones (excluding diaryl/α,β-unsaturated/α-hetero) is 2. The summed E-state index contributed by atoms with van der Waals surface area (Å²) in [6, 6.07) is 12.2. The molecule has 1 atom stereocenters. The Morgan fingerprint density at radius 2 is 1.89 bits per heavy atom. The van der Waals surface area contributed by atoms with E-state index in [2.05, 4.69) is 0 Å². The molecule has 1 heterocycles. The molecule has 2 aliphatic rings. The largest absolute Gasteiger partial charge is 0.488 e. The van der Waals surface area contributed by atoms with Crippen molar-refractivity contribution in [2.45, 2.75) is 38.5 Å². The Labute approximate surface area is 161 Å². The molecule has 0 aromatic heterocycles. The van der Waals surface area contributed by atoms with E-state index in [1.54, 1.807) is 23.1 Å². The normalized spacial score (nSPS) is 19.4. The third-order valence-corrected chi connectivity index (χ3v) is 5.48. The Balaban J connectivity index is 1.55. The van der Waals surface area contributed by atoms with Gasteiger partial charge in [0.1, 0.15) is 18.1 Å². The van der Waals surface area contributed by atoms with Crippen molar-refractivity contribution in [3.8, 4) is 5.75 Å². The van der Waals surface area contributed by atoms with Crippen molar-refractivity contribution in [1.82, 2.24) is 4.90 Å². The fourth-order valence-corrected chi connectivity index (χ4v) is 3.86. The standard InChI is InChI=1S/C21H18ClNO4/c22-17-6-2-1-4-13(17)12-27-20-7-3-5-15-16(20)11-23(21(15)26)18-9-8-14(24)10-19(18)25/h1-7,18H,8-12H2. The van der Waals surface area contributed by atoms with Crippen LogP contribution in [0.5, 0.6) is 5.75 Å².